The summed E-state index contributed by atoms with van der Waals surface area (Å²) < 4.78 is 3.61. The van der Waals surface area contributed by atoms with Gasteiger partial charge in [0.2, 0.25) is 5.91 Å². The van der Waals surface area contributed by atoms with Crippen LogP contribution in [0, 0.1) is 5.41 Å². The molecule has 106 valence electrons. The van der Waals surface area contributed by atoms with E-state index >= 15 is 0 Å². The van der Waals surface area contributed by atoms with Crippen LogP contribution in [0.25, 0.3) is 0 Å². The molecule has 6 nitrogen and oxygen atoms in total. The second-order valence-corrected chi connectivity index (χ2v) is 5.58. The lowest BCUT2D eigenvalue weighted by Gasteiger charge is -2.18. The number of hydrogen-bond donors (Lipinski definition) is 1. The Labute approximate surface area is 117 Å². The molecule has 1 saturated carbocycles. The maximum absolute atomic E-state index is 12.1. The standard InChI is InChI=1S/C14H19N5O/c1-12(19-9-3-7-17-19)13(20)15-10-14(4-5-14)11-18-8-2-6-16-18/h2-3,6-9,12H,4-5,10-11H2,1H3,(H,15,20). The first-order chi connectivity index (χ1) is 9.69. The monoisotopic (exact) mass is 273 g/mol. The molecule has 1 N–H and O–H groups in total. The predicted molar refractivity (Wildman–Crippen MR) is 73.8 cm³/mol. The molecular weight excluding hydrogens is 254 g/mol. The van der Waals surface area contributed by atoms with E-state index < -0.39 is 0 Å². The van der Waals surface area contributed by atoms with Crippen LogP contribution in [0.3, 0.4) is 0 Å². The Kier molecular flexibility index (Phi) is 3.30. The van der Waals surface area contributed by atoms with Gasteiger partial charge in [-0.15, -0.1) is 0 Å². The minimum Gasteiger partial charge on any atom is -0.354 e. The van der Waals surface area contributed by atoms with E-state index in [4.69, 9.17) is 0 Å². The zero-order chi connectivity index (χ0) is 14.0. The Morgan fingerprint density at radius 1 is 1.30 bits per heavy atom. The molecule has 0 aliphatic heterocycles. The van der Waals surface area contributed by atoms with Crippen molar-refractivity contribution in [2.24, 2.45) is 5.41 Å². The molecule has 1 fully saturated rings. The predicted octanol–water partition coefficient (Wildman–Crippen LogP) is 1.24. The Balaban J connectivity index is 1.53. The number of aromatic nitrogens is 4. The maximum atomic E-state index is 12.1. The summed E-state index contributed by atoms with van der Waals surface area (Å²) in [6.45, 7) is 3.43. The van der Waals surface area contributed by atoms with Crippen molar-refractivity contribution in [3.8, 4) is 0 Å². The van der Waals surface area contributed by atoms with Crippen molar-refractivity contribution >= 4 is 5.91 Å². The highest BCUT2D eigenvalue weighted by atomic mass is 16.2. The second-order valence-electron chi connectivity index (χ2n) is 5.58. The van der Waals surface area contributed by atoms with Crippen LogP contribution < -0.4 is 5.32 Å². The Hall–Kier alpha value is -2.11. The van der Waals surface area contributed by atoms with Gasteiger partial charge in [0.25, 0.3) is 0 Å². The minimum absolute atomic E-state index is 0.0143. The van der Waals surface area contributed by atoms with E-state index in [2.05, 4.69) is 15.5 Å². The molecule has 2 aromatic rings. The zero-order valence-corrected chi connectivity index (χ0v) is 11.6. The quantitative estimate of drug-likeness (QED) is 0.861. The summed E-state index contributed by atoms with van der Waals surface area (Å²) >= 11 is 0. The van der Waals surface area contributed by atoms with Crippen LogP contribution >= 0.6 is 0 Å². The summed E-state index contributed by atoms with van der Waals surface area (Å²) in [5, 5.41) is 11.4. The van der Waals surface area contributed by atoms with Gasteiger partial charge in [0.05, 0.1) is 0 Å². The lowest BCUT2D eigenvalue weighted by Crippen LogP contribution is -2.36. The van der Waals surface area contributed by atoms with Gasteiger partial charge >= 0.3 is 0 Å². The Bertz CT molecular complexity index is 556. The van der Waals surface area contributed by atoms with Crippen LogP contribution in [0.2, 0.25) is 0 Å². The highest BCUT2D eigenvalue weighted by molar-refractivity contribution is 5.79. The molecule has 2 aromatic heterocycles. The van der Waals surface area contributed by atoms with Gasteiger partial charge in [-0.1, -0.05) is 0 Å². The number of amides is 1. The zero-order valence-electron chi connectivity index (χ0n) is 11.6. The minimum atomic E-state index is -0.273. The largest absolute Gasteiger partial charge is 0.354 e. The van der Waals surface area contributed by atoms with Gasteiger partial charge in [-0.2, -0.15) is 10.2 Å². The first-order valence-electron chi connectivity index (χ1n) is 6.93. The summed E-state index contributed by atoms with van der Waals surface area (Å²) in [5.74, 6) is 0.0143. The van der Waals surface area contributed by atoms with Gasteiger partial charge in [-0.25, -0.2) is 0 Å². The number of carbonyl (C=O) groups is 1. The van der Waals surface area contributed by atoms with E-state index in [1.807, 2.05) is 29.9 Å². The molecule has 1 atom stereocenters. The van der Waals surface area contributed by atoms with E-state index in [0.29, 0.717) is 6.54 Å². The van der Waals surface area contributed by atoms with Crippen LogP contribution in [0.15, 0.2) is 36.9 Å². The molecule has 0 aromatic carbocycles. The van der Waals surface area contributed by atoms with Gasteiger partial charge in [-0.05, 0) is 31.9 Å². The third kappa shape index (κ3) is 2.74. The van der Waals surface area contributed by atoms with Crippen molar-refractivity contribution in [3.63, 3.8) is 0 Å². The first-order valence-corrected chi connectivity index (χ1v) is 6.93. The van der Waals surface area contributed by atoms with E-state index in [1.54, 1.807) is 23.3 Å². The molecule has 20 heavy (non-hydrogen) atoms. The molecule has 0 radical (unpaired) electrons. The Morgan fingerprint density at radius 3 is 2.65 bits per heavy atom. The second kappa shape index (κ2) is 5.11. The smallest absolute Gasteiger partial charge is 0.244 e. The van der Waals surface area contributed by atoms with Gasteiger partial charge in [-0.3, -0.25) is 14.2 Å². The average molecular weight is 273 g/mol. The molecule has 0 spiro atoms. The van der Waals surface area contributed by atoms with Crippen molar-refractivity contribution in [1.29, 1.82) is 0 Å². The fourth-order valence-corrected chi connectivity index (χ4v) is 2.36. The fourth-order valence-electron chi connectivity index (χ4n) is 2.36. The number of rotatable bonds is 6. The third-order valence-electron chi connectivity index (χ3n) is 3.95. The SMILES string of the molecule is CC(C(=O)NCC1(Cn2cccn2)CC1)n1cccn1. The molecule has 0 saturated heterocycles. The molecule has 3 rings (SSSR count). The van der Waals surface area contributed by atoms with Crippen LogP contribution in [0.5, 0.6) is 0 Å². The summed E-state index contributed by atoms with van der Waals surface area (Å²) in [6.07, 6.45) is 9.53. The summed E-state index contributed by atoms with van der Waals surface area (Å²) in [4.78, 5) is 12.1. The molecule has 2 heterocycles. The highest BCUT2D eigenvalue weighted by Gasteiger charge is 2.43. The molecule has 6 heteroatoms. The fraction of sp³-hybridized carbons (Fsp3) is 0.500. The van der Waals surface area contributed by atoms with Crippen LogP contribution in [-0.4, -0.2) is 32.0 Å². The van der Waals surface area contributed by atoms with Crippen LogP contribution in [-0.2, 0) is 11.3 Å². The number of carbonyl (C=O) groups excluding carboxylic acids is 1. The van der Waals surface area contributed by atoms with Crippen molar-refractivity contribution in [1.82, 2.24) is 24.9 Å². The van der Waals surface area contributed by atoms with E-state index in [9.17, 15) is 4.79 Å². The topological polar surface area (TPSA) is 64.7 Å². The average Bonchev–Trinajstić information content (AvgIpc) is 2.91. The van der Waals surface area contributed by atoms with Gasteiger partial charge in [0.15, 0.2) is 0 Å². The first kappa shape index (κ1) is 12.9. The Morgan fingerprint density at radius 2 is 2.05 bits per heavy atom. The molecule has 1 amide bonds. The molecule has 1 aliphatic rings. The summed E-state index contributed by atoms with van der Waals surface area (Å²) in [7, 11) is 0. The van der Waals surface area contributed by atoms with Crippen molar-refractivity contribution < 1.29 is 4.79 Å². The molecule has 1 aliphatic carbocycles. The van der Waals surface area contributed by atoms with Crippen molar-refractivity contribution in [3.05, 3.63) is 36.9 Å². The van der Waals surface area contributed by atoms with Crippen molar-refractivity contribution in [2.45, 2.75) is 32.4 Å². The van der Waals surface area contributed by atoms with E-state index in [-0.39, 0.29) is 17.4 Å². The van der Waals surface area contributed by atoms with Crippen LogP contribution in [0.4, 0.5) is 0 Å². The number of nitrogens with one attached hydrogen (secondary N) is 1. The van der Waals surface area contributed by atoms with Crippen molar-refractivity contribution in [2.75, 3.05) is 6.54 Å². The normalized spacial score (nSPS) is 17.6. The lowest BCUT2D eigenvalue weighted by molar-refractivity contribution is -0.124. The number of hydrogen-bond acceptors (Lipinski definition) is 3. The third-order valence-corrected chi connectivity index (χ3v) is 3.95. The molecule has 1 unspecified atom stereocenters. The highest BCUT2D eigenvalue weighted by Crippen LogP contribution is 2.46. The van der Waals surface area contributed by atoms with Gasteiger partial charge in [0.1, 0.15) is 6.04 Å². The number of nitrogens with zero attached hydrogens (tertiary/aromatic N) is 4. The molecular formula is C14H19N5O. The van der Waals surface area contributed by atoms with Gasteiger partial charge < -0.3 is 5.32 Å². The van der Waals surface area contributed by atoms with Gasteiger partial charge in [0, 0.05) is 43.3 Å². The maximum Gasteiger partial charge on any atom is 0.244 e. The van der Waals surface area contributed by atoms with E-state index in [1.165, 1.54) is 0 Å². The molecule has 0 bridgehead atoms. The summed E-state index contributed by atoms with van der Waals surface area (Å²) in [6, 6.07) is 3.48. The van der Waals surface area contributed by atoms with E-state index in [0.717, 1.165) is 19.4 Å². The summed E-state index contributed by atoms with van der Waals surface area (Å²) in [5.41, 5.74) is 0.186. The lowest BCUT2D eigenvalue weighted by atomic mass is 10.1. The van der Waals surface area contributed by atoms with Crippen LogP contribution in [0.1, 0.15) is 25.8 Å².